The Hall–Kier alpha value is 0.207. The third kappa shape index (κ3) is 2.44. The van der Waals surface area contributed by atoms with Crippen LogP contribution in [0.15, 0.2) is 21.7 Å². The van der Waals surface area contributed by atoms with E-state index in [9.17, 15) is 13.0 Å². The normalized spacial score (nSPS) is 10.5. The minimum Gasteiger partial charge on any atom is -0.744 e. The fraction of sp³-hybridized carbons (Fsp3) is 0. The molecule has 1 aromatic heterocycles. The molecule has 6 heteroatoms. The zero-order valence-electron chi connectivity index (χ0n) is 5.27. The third-order valence-electron chi connectivity index (χ3n) is 0.784. The van der Waals surface area contributed by atoms with Gasteiger partial charge < -0.3 is 4.55 Å². The fourth-order valence-electron chi connectivity index (χ4n) is 0.394. The molecule has 0 fully saturated rings. The topological polar surface area (TPSA) is 57.2 Å². The molecular weight excluding hydrogens is 167 g/mol. The molecule has 0 saturated heterocycles. The number of thiophene rings is 1. The maximum absolute atomic E-state index is 10.1. The second-order valence-electron chi connectivity index (χ2n) is 1.41. The van der Waals surface area contributed by atoms with Gasteiger partial charge in [0, 0.05) is 5.38 Å². The Balaban J connectivity index is 0.000000810. The summed E-state index contributed by atoms with van der Waals surface area (Å²) in [5.74, 6) is 0. The Kier molecular flexibility index (Phi) is 3.63. The van der Waals surface area contributed by atoms with E-state index in [1.807, 2.05) is 0 Å². The van der Waals surface area contributed by atoms with Crippen LogP contribution in [0.3, 0.4) is 0 Å². The summed E-state index contributed by atoms with van der Waals surface area (Å²) >= 11 is 1.19. The van der Waals surface area contributed by atoms with E-state index in [0.29, 0.717) is 0 Å². The van der Waals surface area contributed by atoms with Gasteiger partial charge in [0.2, 0.25) is 0 Å². The average molecular weight is 170 g/mol. The summed E-state index contributed by atoms with van der Waals surface area (Å²) in [4.78, 5) is -0.146. The zero-order valence-corrected chi connectivity index (χ0v) is 6.91. The van der Waals surface area contributed by atoms with Crippen LogP contribution < -0.4 is 18.9 Å². The molecule has 0 aliphatic carbocycles. The van der Waals surface area contributed by atoms with E-state index < -0.39 is 10.1 Å². The van der Waals surface area contributed by atoms with Crippen molar-refractivity contribution in [2.24, 2.45) is 0 Å². The smallest absolute Gasteiger partial charge is 0.744 e. The predicted octanol–water partition coefficient (Wildman–Crippen LogP) is -2.34. The second-order valence-corrected chi connectivity index (χ2v) is 3.57. The summed E-state index contributed by atoms with van der Waals surface area (Å²) in [6.45, 7) is 0. The van der Waals surface area contributed by atoms with Crippen molar-refractivity contribution in [3.8, 4) is 0 Å². The van der Waals surface area contributed by atoms with Gasteiger partial charge in [0.05, 0.1) is 4.90 Å². The van der Waals surface area contributed by atoms with Gasteiger partial charge in [-0.15, -0.1) is 0 Å². The molecular formula is C4H3LiO3S2. The number of hydrogen-bond acceptors (Lipinski definition) is 4. The van der Waals surface area contributed by atoms with E-state index in [1.165, 1.54) is 22.8 Å². The van der Waals surface area contributed by atoms with E-state index in [2.05, 4.69) is 0 Å². The van der Waals surface area contributed by atoms with E-state index in [4.69, 9.17) is 0 Å². The maximum Gasteiger partial charge on any atom is 1.00 e. The van der Waals surface area contributed by atoms with Gasteiger partial charge in [-0.05, 0) is 11.4 Å². The van der Waals surface area contributed by atoms with Crippen LogP contribution in [0.2, 0.25) is 0 Å². The quantitative estimate of drug-likeness (QED) is 0.350. The first kappa shape index (κ1) is 10.2. The standard InChI is InChI=1S/C4H4O3S2.Li/c5-9(6,7)4-1-2-8-3-4;/h1-3H,(H,5,6,7);/q;+1/p-1. The van der Waals surface area contributed by atoms with Crippen LogP contribution in [0, 0.1) is 0 Å². The van der Waals surface area contributed by atoms with Crippen LogP contribution in [0.25, 0.3) is 0 Å². The molecule has 0 saturated carbocycles. The summed E-state index contributed by atoms with van der Waals surface area (Å²) in [6, 6.07) is 1.28. The van der Waals surface area contributed by atoms with Gasteiger partial charge in [0.15, 0.2) is 0 Å². The van der Waals surface area contributed by atoms with Crippen LogP contribution in [-0.4, -0.2) is 13.0 Å². The van der Waals surface area contributed by atoms with Crippen LogP contribution in [0.1, 0.15) is 0 Å². The van der Waals surface area contributed by atoms with Crippen molar-refractivity contribution < 1.29 is 31.8 Å². The summed E-state index contributed by atoms with van der Waals surface area (Å²) in [5, 5.41) is 2.85. The van der Waals surface area contributed by atoms with Crippen molar-refractivity contribution in [3.63, 3.8) is 0 Å². The molecule has 1 heterocycles. The molecule has 3 nitrogen and oxygen atoms in total. The first-order valence-corrected chi connectivity index (χ1v) is 4.44. The molecule has 10 heavy (non-hydrogen) atoms. The largest absolute Gasteiger partial charge is 1.00 e. The first-order chi connectivity index (χ1) is 4.11. The molecule has 0 unspecified atom stereocenters. The second kappa shape index (κ2) is 3.56. The minimum atomic E-state index is -4.20. The van der Waals surface area contributed by atoms with Crippen LogP contribution in [0.5, 0.6) is 0 Å². The Bertz CT molecular complexity index is 275. The van der Waals surface area contributed by atoms with Crippen molar-refractivity contribution in [2.75, 3.05) is 0 Å². The Morgan fingerprint density at radius 2 is 2.10 bits per heavy atom. The van der Waals surface area contributed by atoms with Gasteiger partial charge in [-0.25, -0.2) is 8.42 Å². The van der Waals surface area contributed by atoms with Crippen LogP contribution in [-0.2, 0) is 10.1 Å². The minimum absolute atomic E-state index is 0. The molecule has 0 aliphatic heterocycles. The van der Waals surface area contributed by atoms with Crippen LogP contribution in [0.4, 0.5) is 0 Å². The number of rotatable bonds is 1. The number of hydrogen-bond donors (Lipinski definition) is 0. The van der Waals surface area contributed by atoms with Crippen molar-refractivity contribution in [1.29, 1.82) is 0 Å². The summed E-state index contributed by atoms with van der Waals surface area (Å²) in [7, 11) is -4.20. The molecule has 1 aromatic rings. The Labute approximate surface area is 75.0 Å². The van der Waals surface area contributed by atoms with Gasteiger partial charge in [-0.1, -0.05) is 0 Å². The molecule has 0 spiro atoms. The van der Waals surface area contributed by atoms with Crippen molar-refractivity contribution in [1.82, 2.24) is 0 Å². The van der Waals surface area contributed by atoms with Crippen molar-refractivity contribution >= 4 is 21.5 Å². The van der Waals surface area contributed by atoms with Gasteiger partial charge >= 0.3 is 18.9 Å². The fourth-order valence-corrected chi connectivity index (χ4v) is 1.87. The monoisotopic (exact) mass is 170 g/mol. The Morgan fingerprint density at radius 3 is 2.30 bits per heavy atom. The van der Waals surface area contributed by atoms with Gasteiger partial charge in [0.25, 0.3) is 0 Å². The predicted molar refractivity (Wildman–Crippen MR) is 32.3 cm³/mol. The van der Waals surface area contributed by atoms with Gasteiger partial charge in [-0.3, -0.25) is 0 Å². The molecule has 0 aromatic carbocycles. The third-order valence-corrected chi connectivity index (χ3v) is 2.45. The van der Waals surface area contributed by atoms with Crippen molar-refractivity contribution in [2.45, 2.75) is 4.90 Å². The van der Waals surface area contributed by atoms with E-state index >= 15 is 0 Å². The van der Waals surface area contributed by atoms with E-state index in [1.54, 1.807) is 5.38 Å². The molecule has 0 aliphatic rings. The first-order valence-electron chi connectivity index (χ1n) is 2.09. The van der Waals surface area contributed by atoms with Crippen molar-refractivity contribution in [3.05, 3.63) is 16.8 Å². The summed E-state index contributed by atoms with van der Waals surface area (Å²) in [5.41, 5.74) is 0. The molecule has 0 bridgehead atoms. The Morgan fingerprint density at radius 1 is 1.50 bits per heavy atom. The SMILES string of the molecule is O=S(=O)([O-])c1ccsc1.[Li+]. The van der Waals surface area contributed by atoms with E-state index in [0.717, 1.165) is 0 Å². The van der Waals surface area contributed by atoms with Crippen LogP contribution >= 0.6 is 11.3 Å². The average Bonchev–Trinajstić information content (AvgIpc) is 2.08. The molecule has 0 atom stereocenters. The molecule has 1 rings (SSSR count). The van der Waals surface area contributed by atoms with Gasteiger partial charge in [0.1, 0.15) is 10.1 Å². The van der Waals surface area contributed by atoms with Gasteiger partial charge in [-0.2, -0.15) is 11.3 Å². The summed E-state index contributed by atoms with van der Waals surface area (Å²) in [6.07, 6.45) is 0. The van der Waals surface area contributed by atoms with E-state index in [-0.39, 0.29) is 23.8 Å². The molecule has 0 radical (unpaired) electrons. The maximum atomic E-state index is 10.1. The summed E-state index contributed by atoms with van der Waals surface area (Å²) < 4.78 is 30.4. The molecule has 0 amide bonds. The zero-order chi connectivity index (χ0) is 6.91. The molecule has 0 N–H and O–H groups in total. The molecule has 50 valence electrons.